The number of rotatable bonds is 3. The maximum atomic E-state index is 10.8. The number of nitro groups is 1. The third kappa shape index (κ3) is 2.86. The van der Waals surface area contributed by atoms with Crippen molar-refractivity contribution in [3.8, 4) is 0 Å². The van der Waals surface area contributed by atoms with E-state index in [1.165, 1.54) is 24.3 Å². The van der Waals surface area contributed by atoms with Crippen molar-refractivity contribution in [1.82, 2.24) is 0 Å². The van der Waals surface area contributed by atoms with Crippen molar-refractivity contribution in [2.75, 3.05) is 5.43 Å². The monoisotopic (exact) mass is 236 g/mol. The number of hydrogen-bond donors (Lipinski definition) is 1. The van der Waals surface area contributed by atoms with E-state index < -0.39 is 14.1 Å². The molecule has 0 aliphatic carbocycles. The first-order valence-electron chi connectivity index (χ1n) is 3.35. The lowest BCUT2D eigenvalue weighted by molar-refractivity contribution is -0.445. The van der Waals surface area contributed by atoms with Gasteiger partial charge >= 0.3 is 0 Å². The molecule has 1 rings (SSSR count). The van der Waals surface area contributed by atoms with Gasteiger partial charge < -0.3 is 0 Å². The molecule has 76 valence electrons. The van der Waals surface area contributed by atoms with Gasteiger partial charge in [-0.3, -0.25) is 0 Å². The van der Waals surface area contributed by atoms with Crippen molar-refractivity contribution in [3.05, 3.63) is 34.4 Å². The van der Waals surface area contributed by atoms with E-state index in [0.717, 1.165) is 0 Å². The number of hydrazine groups is 1. The molecule has 0 fully saturated rings. The summed E-state index contributed by atoms with van der Waals surface area (Å²) in [7, 11) is 1.26. The van der Waals surface area contributed by atoms with Gasteiger partial charge in [0.25, 0.3) is 9.05 Å². The van der Waals surface area contributed by atoms with Gasteiger partial charge in [-0.25, -0.2) is 18.5 Å². The van der Waals surface area contributed by atoms with Crippen LogP contribution in [0.3, 0.4) is 0 Å². The van der Waals surface area contributed by atoms with E-state index in [0.29, 0.717) is 0 Å². The highest BCUT2D eigenvalue weighted by Gasteiger charge is 2.09. The third-order valence-corrected chi connectivity index (χ3v) is 2.73. The molecule has 0 spiro atoms. The molecule has 6 nitrogen and oxygen atoms in total. The van der Waals surface area contributed by atoms with E-state index >= 15 is 0 Å². The highest BCUT2D eigenvalue weighted by molar-refractivity contribution is 8.13. The third-order valence-electron chi connectivity index (χ3n) is 1.36. The summed E-state index contributed by atoms with van der Waals surface area (Å²) in [5.74, 6) is 0. The van der Waals surface area contributed by atoms with Gasteiger partial charge in [-0.05, 0) is 24.3 Å². The zero-order valence-corrected chi connectivity index (χ0v) is 8.25. The lowest BCUT2D eigenvalue weighted by Gasteiger charge is -1.98. The molecular weight excluding hydrogens is 232 g/mol. The van der Waals surface area contributed by atoms with Crippen LogP contribution >= 0.6 is 10.7 Å². The number of hydrogen-bond acceptors (Lipinski definition) is 4. The summed E-state index contributed by atoms with van der Waals surface area (Å²) in [4.78, 5) is 9.90. The van der Waals surface area contributed by atoms with Crippen LogP contribution in [-0.2, 0) is 9.05 Å². The molecule has 0 aromatic heterocycles. The Bertz CT molecular complexity index is 441. The maximum absolute atomic E-state index is 10.8. The topological polar surface area (TPSA) is 89.3 Å². The van der Waals surface area contributed by atoms with Crippen LogP contribution in [0, 0.1) is 10.1 Å². The second kappa shape index (κ2) is 3.81. The summed E-state index contributed by atoms with van der Waals surface area (Å²) in [5, 5.41) is 9.25. The summed E-state index contributed by atoms with van der Waals surface area (Å²) >= 11 is 0. The van der Waals surface area contributed by atoms with Crippen LogP contribution in [0.2, 0.25) is 0 Å². The fraction of sp³-hybridized carbons (Fsp3) is 0. The largest absolute Gasteiger partial charge is 0.261 e. The van der Waals surface area contributed by atoms with Crippen molar-refractivity contribution in [2.45, 2.75) is 4.90 Å². The Morgan fingerprint density at radius 3 is 2.14 bits per heavy atom. The van der Waals surface area contributed by atoms with Crippen LogP contribution in [0.5, 0.6) is 0 Å². The maximum Gasteiger partial charge on any atom is 0.261 e. The minimum atomic E-state index is -3.77. The minimum Gasteiger partial charge on any atom is -0.235 e. The molecule has 0 heterocycles. The summed E-state index contributed by atoms with van der Waals surface area (Å²) in [6.45, 7) is 0. The average molecular weight is 237 g/mol. The Morgan fingerprint density at radius 1 is 1.29 bits per heavy atom. The van der Waals surface area contributed by atoms with Gasteiger partial charge in [-0.2, -0.15) is 0 Å². The molecule has 0 aliphatic rings. The fourth-order valence-corrected chi connectivity index (χ4v) is 1.57. The fourth-order valence-electron chi connectivity index (χ4n) is 0.797. The van der Waals surface area contributed by atoms with Gasteiger partial charge in [0.05, 0.1) is 4.90 Å². The molecule has 0 unspecified atom stereocenters. The second-order valence-electron chi connectivity index (χ2n) is 2.33. The van der Waals surface area contributed by atoms with Crippen molar-refractivity contribution in [2.24, 2.45) is 0 Å². The van der Waals surface area contributed by atoms with E-state index in [1.54, 1.807) is 0 Å². The summed E-state index contributed by atoms with van der Waals surface area (Å²) < 4.78 is 21.6. The molecule has 0 atom stereocenters. The number of nitrogens with one attached hydrogen (secondary N) is 1. The van der Waals surface area contributed by atoms with Gasteiger partial charge in [-0.15, -0.1) is 5.43 Å². The molecule has 0 saturated carbocycles. The first-order valence-corrected chi connectivity index (χ1v) is 5.66. The molecule has 0 saturated heterocycles. The van der Waals surface area contributed by atoms with Crippen LogP contribution < -0.4 is 5.43 Å². The van der Waals surface area contributed by atoms with Gasteiger partial charge in [-0.1, -0.05) is 0 Å². The van der Waals surface area contributed by atoms with Crippen molar-refractivity contribution < 1.29 is 13.5 Å². The Labute approximate surface area is 84.0 Å². The van der Waals surface area contributed by atoms with Crippen LogP contribution in [-0.4, -0.2) is 13.5 Å². The van der Waals surface area contributed by atoms with Gasteiger partial charge in [0.2, 0.25) is 0 Å². The summed E-state index contributed by atoms with van der Waals surface area (Å²) in [5.41, 5.74) is 2.05. The smallest absolute Gasteiger partial charge is 0.235 e. The zero-order chi connectivity index (χ0) is 10.8. The SMILES string of the molecule is O=[N+]([O-])Nc1ccc(S(=O)(=O)Cl)cc1. The lowest BCUT2D eigenvalue weighted by atomic mass is 10.3. The quantitative estimate of drug-likeness (QED) is 0.484. The van der Waals surface area contributed by atoms with Gasteiger partial charge in [0, 0.05) is 10.7 Å². The van der Waals surface area contributed by atoms with Crippen LogP contribution in [0.4, 0.5) is 5.69 Å². The first kappa shape index (κ1) is 10.7. The molecule has 1 N–H and O–H groups in total. The highest BCUT2D eigenvalue weighted by atomic mass is 35.7. The van der Waals surface area contributed by atoms with Gasteiger partial charge in [0.15, 0.2) is 5.03 Å². The summed E-state index contributed by atoms with van der Waals surface area (Å²) in [6.07, 6.45) is 0. The first-order chi connectivity index (χ1) is 6.39. The van der Waals surface area contributed by atoms with Crippen molar-refractivity contribution >= 4 is 25.4 Å². The number of anilines is 1. The molecule has 8 heteroatoms. The Balaban J connectivity index is 2.95. The van der Waals surface area contributed by atoms with E-state index in [9.17, 15) is 18.5 Å². The molecule has 1 aromatic rings. The number of benzene rings is 1. The zero-order valence-electron chi connectivity index (χ0n) is 6.68. The highest BCUT2D eigenvalue weighted by Crippen LogP contribution is 2.17. The van der Waals surface area contributed by atoms with Crippen molar-refractivity contribution in [1.29, 1.82) is 0 Å². The summed E-state index contributed by atoms with van der Waals surface area (Å²) in [6, 6.07) is 4.85. The number of nitrogens with zero attached hydrogens (tertiary/aromatic N) is 1. The molecule has 0 amide bonds. The predicted molar refractivity (Wildman–Crippen MR) is 50.1 cm³/mol. The minimum absolute atomic E-state index is 0.104. The Hall–Kier alpha value is -1.34. The molecule has 14 heavy (non-hydrogen) atoms. The van der Waals surface area contributed by atoms with Crippen LogP contribution in [0.1, 0.15) is 0 Å². The van der Waals surface area contributed by atoms with Crippen LogP contribution in [0.25, 0.3) is 0 Å². The molecule has 0 aliphatic heterocycles. The van der Waals surface area contributed by atoms with E-state index in [4.69, 9.17) is 10.7 Å². The van der Waals surface area contributed by atoms with E-state index in [1.807, 2.05) is 5.43 Å². The molecule has 1 aromatic carbocycles. The number of halogens is 1. The van der Waals surface area contributed by atoms with Gasteiger partial charge in [0.1, 0.15) is 5.69 Å². The normalized spacial score (nSPS) is 10.9. The lowest BCUT2D eigenvalue weighted by Crippen LogP contribution is -2.07. The van der Waals surface area contributed by atoms with Crippen LogP contribution in [0.15, 0.2) is 29.2 Å². The Kier molecular flexibility index (Phi) is 2.92. The molecular formula is C6H5ClN2O4S. The van der Waals surface area contributed by atoms with Crippen molar-refractivity contribution in [3.63, 3.8) is 0 Å². The standard InChI is InChI=1S/C6H5ClN2O4S/c7-14(12,13)6-3-1-5(2-4-6)8-9(10)11/h1-4,8H. The van der Waals surface area contributed by atoms with E-state index in [-0.39, 0.29) is 10.6 Å². The Morgan fingerprint density at radius 2 is 1.79 bits per heavy atom. The predicted octanol–water partition coefficient (Wildman–Crippen LogP) is 1.22. The van der Waals surface area contributed by atoms with E-state index in [2.05, 4.69) is 0 Å². The molecule has 0 radical (unpaired) electrons. The average Bonchev–Trinajstić information content (AvgIpc) is 2.02. The molecule has 0 bridgehead atoms. The second-order valence-corrected chi connectivity index (χ2v) is 4.90.